The van der Waals surface area contributed by atoms with Crippen molar-refractivity contribution >= 4 is 9.84 Å². The molecule has 77 valence electrons. The molecule has 0 aliphatic carbocycles. The fraction of sp³-hybridized carbons (Fsp3) is 0.889. The third-order valence-corrected chi connectivity index (χ3v) is 3.32. The maximum absolute atomic E-state index is 10.8. The Hall–Kier alpha value is -0.0900. The van der Waals surface area contributed by atoms with Crippen molar-refractivity contribution in [2.75, 3.05) is 31.6 Å². The van der Waals surface area contributed by atoms with Crippen LogP contribution in [-0.4, -0.2) is 45.0 Å². The Morgan fingerprint density at radius 1 is 1.31 bits per heavy atom. The Morgan fingerprint density at radius 2 is 1.92 bits per heavy atom. The zero-order valence-corrected chi connectivity index (χ0v) is 9.02. The number of likely N-dealkylation sites (tertiary alicyclic amines) is 1. The zero-order valence-electron chi connectivity index (χ0n) is 8.20. The Kier molecular flexibility index (Phi) is 4.19. The second-order valence-electron chi connectivity index (χ2n) is 3.69. The molecular formula is C9H18NO2S. The van der Waals surface area contributed by atoms with Crippen LogP contribution in [0.1, 0.15) is 19.3 Å². The quantitative estimate of drug-likeness (QED) is 0.677. The Balaban J connectivity index is 2.11. The molecule has 0 unspecified atom stereocenters. The first-order valence-corrected chi connectivity index (χ1v) is 6.86. The first kappa shape index (κ1) is 11.0. The van der Waals surface area contributed by atoms with E-state index in [-0.39, 0.29) is 0 Å². The number of rotatable bonds is 4. The van der Waals surface area contributed by atoms with E-state index in [9.17, 15) is 8.42 Å². The summed E-state index contributed by atoms with van der Waals surface area (Å²) in [5.41, 5.74) is 0. The molecule has 1 radical (unpaired) electrons. The molecule has 1 rings (SSSR count). The zero-order chi connectivity index (χ0) is 9.73. The van der Waals surface area contributed by atoms with Gasteiger partial charge in [0.15, 0.2) is 0 Å². The lowest BCUT2D eigenvalue weighted by molar-refractivity contribution is 0.255. The summed E-state index contributed by atoms with van der Waals surface area (Å²) < 4.78 is 21.7. The highest BCUT2D eigenvalue weighted by Crippen LogP contribution is 2.07. The summed E-state index contributed by atoms with van der Waals surface area (Å²) in [7, 11) is -2.76. The molecule has 13 heavy (non-hydrogen) atoms. The number of sulfone groups is 1. The number of piperidine rings is 1. The van der Waals surface area contributed by atoms with Gasteiger partial charge in [0.05, 0.1) is 5.75 Å². The lowest BCUT2D eigenvalue weighted by Crippen LogP contribution is -2.31. The van der Waals surface area contributed by atoms with Gasteiger partial charge in [0.1, 0.15) is 9.84 Å². The number of nitrogens with zero attached hydrogens (tertiary/aromatic N) is 1. The molecule has 1 saturated heterocycles. The van der Waals surface area contributed by atoms with Crippen molar-refractivity contribution in [2.24, 2.45) is 0 Å². The standard InChI is InChI=1S/C9H18NO2S/c1-13(11,12)9-5-8-10-6-3-2-4-7-10/h2H,3-9H2,1H3. The summed E-state index contributed by atoms with van der Waals surface area (Å²) in [6, 6.07) is 0. The van der Waals surface area contributed by atoms with E-state index in [1.54, 1.807) is 0 Å². The molecule has 0 atom stereocenters. The molecule has 0 aromatic heterocycles. The summed E-state index contributed by atoms with van der Waals surface area (Å²) in [5, 5.41) is 0. The van der Waals surface area contributed by atoms with Crippen LogP contribution >= 0.6 is 0 Å². The van der Waals surface area contributed by atoms with Crippen LogP contribution in [0.2, 0.25) is 0 Å². The molecule has 1 aliphatic rings. The predicted molar refractivity (Wildman–Crippen MR) is 54.3 cm³/mol. The molecule has 0 amide bonds. The van der Waals surface area contributed by atoms with E-state index < -0.39 is 9.84 Å². The third-order valence-electron chi connectivity index (χ3n) is 2.29. The summed E-state index contributed by atoms with van der Waals surface area (Å²) in [6.07, 6.45) is 6.68. The van der Waals surface area contributed by atoms with Gasteiger partial charge in [-0.3, -0.25) is 0 Å². The minimum Gasteiger partial charge on any atom is -0.303 e. The Labute approximate surface area is 81.0 Å². The maximum atomic E-state index is 10.8. The first-order chi connectivity index (χ1) is 6.08. The highest BCUT2D eigenvalue weighted by molar-refractivity contribution is 7.90. The Bertz CT molecular complexity index is 230. The van der Waals surface area contributed by atoms with E-state index in [2.05, 4.69) is 11.3 Å². The fourth-order valence-electron chi connectivity index (χ4n) is 1.58. The molecule has 1 fully saturated rings. The van der Waals surface area contributed by atoms with Crippen molar-refractivity contribution in [3.05, 3.63) is 6.42 Å². The Morgan fingerprint density at radius 3 is 2.46 bits per heavy atom. The monoisotopic (exact) mass is 204 g/mol. The average Bonchev–Trinajstić information content (AvgIpc) is 2.04. The fourth-order valence-corrected chi connectivity index (χ4v) is 2.23. The van der Waals surface area contributed by atoms with Gasteiger partial charge in [0.25, 0.3) is 0 Å². The van der Waals surface area contributed by atoms with E-state index in [0.29, 0.717) is 5.75 Å². The van der Waals surface area contributed by atoms with Crippen molar-refractivity contribution in [1.29, 1.82) is 0 Å². The van der Waals surface area contributed by atoms with Gasteiger partial charge in [-0.1, -0.05) is 0 Å². The number of hydrogen-bond acceptors (Lipinski definition) is 3. The molecule has 0 aromatic carbocycles. The van der Waals surface area contributed by atoms with Gasteiger partial charge >= 0.3 is 0 Å². The van der Waals surface area contributed by atoms with Crippen molar-refractivity contribution < 1.29 is 8.42 Å². The first-order valence-electron chi connectivity index (χ1n) is 4.80. The van der Waals surface area contributed by atoms with Crippen molar-refractivity contribution in [3.8, 4) is 0 Å². The molecule has 1 heterocycles. The minimum atomic E-state index is -2.76. The molecule has 3 nitrogen and oxygen atoms in total. The lowest BCUT2D eigenvalue weighted by Gasteiger charge is -2.25. The average molecular weight is 204 g/mol. The van der Waals surface area contributed by atoms with Crippen LogP contribution in [0.5, 0.6) is 0 Å². The summed E-state index contributed by atoms with van der Waals surface area (Å²) in [5.74, 6) is 0.327. The van der Waals surface area contributed by atoms with Gasteiger partial charge in [-0.15, -0.1) is 0 Å². The van der Waals surface area contributed by atoms with Gasteiger partial charge in [-0.05, 0) is 45.3 Å². The van der Waals surface area contributed by atoms with Crippen molar-refractivity contribution in [1.82, 2.24) is 4.90 Å². The molecule has 0 bridgehead atoms. The van der Waals surface area contributed by atoms with Gasteiger partial charge in [0.2, 0.25) is 0 Å². The lowest BCUT2D eigenvalue weighted by atomic mass is 10.1. The summed E-state index contributed by atoms with van der Waals surface area (Å²) in [4.78, 5) is 2.34. The van der Waals surface area contributed by atoms with Crippen LogP contribution in [-0.2, 0) is 9.84 Å². The van der Waals surface area contributed by atoms with Gasteiger partial charge in [-0.2, -0.15) is 0 Å². The second kappa shape index (κ2) is 4.96. The SMILES string of the molecule is CS(=O)(=O)CCCN1CC[CH]CC1. The van der Waals surface area contributed by atoms with Crippen molar-refractivity contribution in [3.63, 3.8) is 0 Å². The van der Waals surface area contributed by atoms with Crippen LogP contribution in [0.3, 0.4) is 0 Å². The molecule has 0 spiro atoms. The van der Waals surface area contributed by atoms with Gasteiger partial charge in [0, 0.05) is 6.26 Å². The molecule has 0 saturated carbocycles. The van der Waals surface area contributed by atoms with Gasteiger partial charge < -0.3 is 4.90 Å². The normalized spacial score (nSPS) is 20.4. The molecule has 4 heteroatoms. The van der Waals surface area contributed by atoms with Crippen LogP contribution in [0, 0.1) is 6.42 Å². The van der Waals surface area contributed by atoms with E-state index in [1.807, 2.05) is 0 Å². The van der Waals surface area contributed by atoms with Crippen LogP contribution in [0.15, 0.2) is 0 Å². The maximum Gasteiger partial charge on any atom is 0.147 e. The predicted octanol–water partition coefficient (Wildman–Crippen LogP) is 0.721. The van der Waals surface area contributed by atoms with Crippen molar-refractivity contribution in [2.45, 2.75) is 19.3 Å². The van der Waals surface area contributed by atoms with Crippen LogP contribution in [0.25, 0.3) is 0 Å². The molecule has 1 aliphatic heterocycles. The summed E-state index contributed by atoms with van der Waals surface area (Å²) in [6.45, 7) is 3.13. The van der Waals surface area contributed by atoms with E-state index >= 15 is 0 Å². The highest BCUT2D eigenvalue weighted by Gasteiger charge is 2.10. The summed E-state index contributed by atoms with van der Waals surface area (Å²) >= 11 is 0. The molecular weight excluding hydrogens is 186 g/mol. The van der Waals surface area contributed by atoms with E-state index in [0.717, 1.165) is 38.9 Å². The van der Waals surface area contributed by atoms with Crippen LogP contribution in [0.4, 0.5) is 0 Å². The minimum absolute atomic E-state index is 0.327. The van der Waals surface area contributed by atoms with Gasteiger partial charge in [-0.25, -0.2) is 8.42 Å². The largest absolute Gasteiger partial charge is 0.303 e. The molecule has 0 aromatic rings. The number of hydrogen-bond donors (Lipinski definition) is 0. The smallest absolute Gasteiger partial charge is 0.147 e. The topological polar surface area (TPSA) is 37.4 Å². The molecule has 0 N–H and O–H groups in total. The second-order valence-corrected chi connectivity index (χ2v) is 5.95. The highest BCUT2D eigenvalue weighted by atomic mass is 32.2. The van der Waals surface area contributed by atoms with E-state index in [4.69, 9.17) is 0 Å². The van der Waals surface area contributed by atoms with E-state index in [1.165, 1.54) is 6.26 Å². The van der Waals surface area contributed by atoms with Crippen LogP contribution < -0.4 is 0 Å². The third kappa shape index (κ3) is 5.26.